The fourth-order valence-electron chi connectivity index (χ4n) is 2.18. The summed E-state index contributed by atoms with van der Waals surface area (Å²) in [4.78, 5) is 0. The van der Waals surface area contributed by atoms with Gasteiger partial charge in [0.25, 0.3) is 0 Å². The topological polar surface area (TPSA) is 21.3 Å². The number of nitrogens with one attached hydrogen (secondary N) is 1. The van der Waals surface area contributed by atoms with Crippen LogP contribution in [0.25, 0.3) is 0 Å². The van der Waals surface area contributed by atoms with Gasteiger partial charge in [-0.1, -0.05) is 32.9 Å². The van der Waals surface area contributed by atoms with Crippen LogP contribution in [0.5, 0.6) is 5.75 Å². The molecule has 0 aromatic heterocycles. The highest BCUT2D eigenvalue weighted by atomic mass is 19.4. The Bertz CT molecular complexity index is 417. The predicted molar refractivity (Wildman–Crippen MR) is 78.4 cm³/mol. The average molecular weight is 303 g/mol. The van der Waals surface area contributed by atoms with E-state index in [0.29, 0.717) is 0 Å². The average Bonchev–Trinajstić information content (AvgIpc) is 2.40. The van der Waals surface area contributed by atoms with Gasteiger partial charge in [0.2, 0.25) is 0 Å². The van der Waals surface area contributed by atoms with E-state index < -0.39 is 6.36 Å². The second kappa shape index (κ2) is 7.69. The Labute approximate surface area is 124 Å². The van der Waals surface area contributed by atoms with Crippen molar-refractivity contribution in [1.82, 2.24) is 5.32 Å². The minimum Gasteiger partial charge on any atom is -0.406 e. The number of hydrogen-bond donors (Lipinski definition) is 1. The van der Waals surface area contributed by atoms with Gasteiger partial charge in [0.15, 0.2) is 0 Å². The maximum Gasteiger partial charge on any atom is 0.573 e. The molecular formula is C16H24F3NO. The molecule has 0 spiro atoms. The van der Waals surface area contributed by atoms with Crippen molar-refractivity contribution in [3.8, 4) is 5.75 Å². The van der Waals surface area contributed by atoms with Crippen LogP contribution in [-0.4, -0.2) is 19.5 Å². The van der Waals surface area contributed by atoms with Gasteiger partial charge < -0.3 is 10.1 Å². The minimum atomic E-state index is -4.64. The van der Waals surface area contributed by atoms with Crippen molar-refractivity contribution in [2.24, 2.45) is 5.41 Å². The summed E-state index contributed by atoms with van der Waals surface area (Å²) in [5.41, 5.74) is 1.12. The Morgan fingerprint density at radius 1 is 1.10 bits per heavy atom. The molecular weight excluding hydrogens is 279 g/mol. The maximum atomic E-state index is 12.1. The first-order valence-corrected chi connectivity index (χ1v) is 7.33. The van der Waals surface area contributed by atoms with Gasteiger partial charge >= 0.3 is 6.36 Å². The summed E-state index contributed by atoms with van der Waals surface area (Å²) in [6.45, 7) is 8.33. The molecule has 1 aromatic rings. The normalized spacial score (nSPS) is 14.8. The van der Waals surface area contributed by atoms with Crippen molar-refractivity contribution in [3.05, 3.63) is 29.8 Å². The first-order valence-electron chi connectivity index (χ1n) is 7.33. The van der Waals surface area contributed by atoms with Crippen LogP contribution in [0, 0.1) is 5.41 Å². The van der Waals surface area contributed by atoms with Crippen LogP contribution in [0.2, 0.25) is 0 Å². The van der Waals surface area contributed by atoms with E-state index in [1.54, 1.807) is 12.1 Å². The third-order valence-electron chi connectivity index (χ3n) is 3.62. The molecule has 0 amide bonds. The SMILES string of the molecule is CCCNCC(C)(CC)Cc1ccc(OC(F)(F)F)cc1. The van der Waals surface area contributed by atoms with E-state index in [2.05, 4.69) is 30.8 Å². The molecule has 1 rings (SSSR count). The highest BCUT2D eigenvalue weighted by Gasteiger charge is 2.31. The summed E-state index contributed by atoms with van der Waals surface area (Å²) in [5, 5.41) is 3.42. The summed E-state index contributed by atoms with van der Waals surface area (Å²) in [7, 11) is 0. The highest BCUT2D eigenvalue weighted by molar-refractivity contribution is 5.28. The summed E-state index contributed by atoms with van der Waals surface area (Å²) in [6, 6.07) is 6.15. The van der Waals surface area contributed by atoms with E-state index in [1.807, 2.05) is 0 Å². The fourth-order valence-corrected chi connectivity index (χ4v) is 2.18. The van der Waals surface area contributed by atoms with Gasteiger partial charge in [-0.25, -0.2) is 0 Å². The van der Waals surface area contributed by atoms with Crippen LogP contribution < -0.4 is 10.1 Å². The molecule has 0 saturated carbocycles. The van der Waals surface area contributed by atoms with Gasteiger partial charge in [0.05, 0.1) is 0 Å². The summed E-state index contributed by atoms with van der Waals surface area (Å²) in [6.07, 6.45) is -1.72. The molecule has 2 nitrogen and oxygen atoms in total. The van der Waals surface area contributed by atoms with E-state index in [1.165, 1.54) is 12.1 Å². The predicted octanol–water partition coefficient (Wildman–Crippen LogP) is 4.54. The molecule has 120 valence electrons. The minimum absolute atomic E-state index is 0.0988. The van der Waals surface area contributed by atoms with E-state index in [4.69, 9.17) is 0 Å². The molecule has 0 aliphatic heterocycles. The third-order valence-corrected chi connectivity index (χ3v) is 3.62. The maximum absolute atomic E-state index is 12.1. The molecule has 21 heavy (non-hydrogen) atoms. The molecule has 0 aliphatic rings. The lowest BCUT2D eigenvalue weighted by Gasteiger charge is -2.29. The number of halogens is 3. The van der Waals surface area contributed by atoms with Gasteiger partial charge in [-0.15, -0.1) is 13.2 Å². The Hall–Kier alpha value is -1.23. The summed E-state index contributed by atoms with van der Waals surface area (Å²) >= 11 is 0. The molecule has 1 unspecified atom stereocenters. The molecule has 1 N–H and O–H groups in total. The van der Waals surface area contributed by atoms with Gasteiger partial charge in [-0.3, -0.25) is 0 Å². The summed E-state index contributed by atoms with van der Waals surface area (Å²) < 4.78 is 40.2. The Morgan fingerprint density at radius 2 is 1.71 bits per heavy atom. The van der Waals surface area contributed by atoms with E-state index in [9.17, 15) is 13.2 Å². The van der Waals surface area contributed by atoms with Gasteiger partial charge in [0, 0.05) is 6.54 Å². The molecule has 0 aliphatic carbocycles. The van der Waals surface area contributed by atoms with Crippen LogP contribution in [-0.2, 0) is 6.42 Å². The number of hydrogen-bond acceptors (Lipinski definition) is 2. The quantitative estimate of drug-likeness (QED) is 0.712. The van der Waals surface area contributed by atoms with Crippen LogP contribution in [0.4, 0.5) is 13.2 Å². The highest BCUT2D eigenvalue weighted by Crippen LogP contribution is 2.28. The van der Waals surface area contributed by atoms with Crippen LogP contribution >= 0.6 is 0 Å². The molecule has 5 heteroatoms. The van der Waals surface area contributed by atoms with Crippen molar-refractivity contribution in [2.45, 2.75) is 46.4 Å². The zero-order valence-electron chi connectivity index (χ0n) is 12.9. The van der Waals surface area contributed by atoms with Crippen molar-refractivity contribution >= 4 is 0 Å². The molecule has 0 heterocycles. The van der Waals surface area contributed by atoms with Crippen molar-refractivity contribution in [2.75, 3.05) is 13.1 Å². The van der Waals surface area contributed by atoms with Crippen LogP contribution in [0.3, 0.4) is 0 Å². The molecule has 1 aromatic carbocycles. The number of benzene rings is 1. The molecule has 0 radical (unpaired) electrons. The lowest BCUT2D eigenvalue weighted by Crippen LogP contribution is -2.33. The zero-order chi connectivity index (χ0) is 15.9. The van der Waals surface area contributed by atoms with Crippen LogP contribution in [0.15, 0.2) is 24.3 Å². The Kier molecular flexibility index (Phi) is 6.52. The standard InChI is InChI=1S/C16H24F3NO/c1-4-10-20-12-15(3,5-2)11-13-6-8-14(9-7-13)21-16(17,18)19/h6-9,20H,4-5,10-12H2,1-3H3. The van der Waals surface area contributed by atoms with Gasteiger partial charge in [0.1, 0.15) is 5.75 Å². The second-order valence-electron chi connectivity index (χ2n) is 5.71. The van der Waals surface area contributed by atoms with E-state index >= 15 is 0 Å². The second-order valence-corrected chi connectivity index (χ2v) is 5.71. The van der Waals surface area contributed by atoms with Gasteiger partial charge in [-0.2, -0.15) is 0 Å². The van der Waals surface area contributed by atoms with Crippen molar-refractivity contribution < 1.29 is 17.9 Å². The fraction of sp³-hybridized carbons (Fsp3) is 0.625. The smallest absolute Gasteiger partial charge is 0.406 e. The number of ether oxygens (including phenoxy) is 1. The van der Waals surface area contributed by atoms with Crippen LogP contribution in [0.1, 0.15) is 39.2 Å². The Balaban J connectivity index is 2.64. The lowest BCUT2D eigenvalue weighted by atomic mass is 9.81. The van der Waals surface area contributed by atoms with Crippen molar-refractivity contribution in [1.29, 1.82) is 0 Å². The van der Waals surface area contributed by atoms with Gasteiger partial charge in [-0.05, 0) is 48.9 Å². The van der Waals surface area contributed by atoms with E-state index in [-0.39, 0.29) is 11.2 Å². The first kappa shape index (κ1) is 17.8. The number of rotatable bonds is 8. The number of alkyl halides is 3. The lowest BCUT2D eigenvalue weighted by molar-refractivity contribution is -0.274. The van der Waals surface area contributed by atoms with E-state index in [0.717, 1.165) is 37.9 Å². The van der Waals surface area contributed by atoms with Crippen molar-refractivity contribution in [3.63, 3.8) is 0 Å². The summed E-state index contributed by atoms with van der Waals surface area (Å²) in [5.74, 6) is -0.173. The zero-order valence-corrected chi connectivity index (χ0v) is 12.9. The first-order chi connectivity index (χ1) is 9.78. The largest absolute Gasteiger partial charge is 0.573 e. The Morgan fingerprint density at radius 3 is 2.19 bits per heavy atom. The third kappa shape index (κ3) is 6.85. The molecule has 1 atom stereocenters. The molecule has 0 bridgehead atoms. The molecule has 0 fully saturated rings. The molecule has 0 saturated heterocycles. The monoisotopic (exact) mass is 303 g/mol.